The Hall–Kier alpha value is 0.640. The molecule has 0 aromatic heterocycles. The maximum absolute atomic E-state index is 6.73. The molecule has 16 heavy (non-hydrogen) atoms. The third-order valence-corrected chi connectivity index (χ3v) is 7.44. The van der Waals surface area contributed by atoms with Crippen molar-refractivity contribution in [2.24, 2.45) is 23.7 Å². The van der Waals surface area contributed by atoms with Gasteiger partial charge in [0.1, 0.15) is 0 Å². The first-order valence-corrected chi connectivity index (χ1v) is 7.12. The number of halogens is 4. The summed E-state index contributed by atoms with van der Waals surface area (Å²) in [5, 5.41) is 1.21. The first-order valence-electron chi connectivity index (χ1n) is 5.61. The van der Waals surface area contributed by atoms with Crippen LogP contribution in [-0.2, 0) is 0 Å². The summed E-state index contributed by atoms with van der Waals surface area (Å²) < 4.78 is 0. The van der Waals surface area contributed by atoms with Crippen molar-refractivity contribution in [2.75, 3.05) is 0 Å². The van der Waals surface area contributed by atoms with E-state index in [1.165, 1.54) is 6.42 Å². The van der Waals surface area contributed by atoms with Gasteiger partial charge in [0, 0.05) is 0 Å². The average molecular weight is 296 g/mol. The van der Waals surface area contributed by atoms with E-state index in [2.05, 4.69) is 12.2 Å². The van der Waals surface area contributed by atoms with Crippen molar-refractivity contribution in [1.29, 1.82) is 0 Å². The van der Waals surface area contributed by atoms with Crippen LogP contribution in [0.4, 0.5) is 0 Å². The predicted molar refractivity (Wildman–Crippen MR) is 68.2 cm³/mol. The predicted octanol–water partition coefficient (Wildman–Crippen LogP) is 4.49. The number of hydrogen-bond donors (Lipinski definition) is 0. The quantitative estimate of drug-likeness (QED) is 0.351. The van der Waals surface area contributed by atoms with Gasteiger partial charge in [-0.25, -0.2) is 0 Å². The lowest BCUT2D eigenvalue weighted by atomic mass is 9.75. The van der Waals surface area contributed by atoms with Crippen LogP contribution in [0.25, 0.3) is 0 Å². The molecule has 3 unspecified atom stereocenters. The van der Waals surface area contributed by atoms with E-state index < -0.39 is 9.75 Å². The highest BCUT2D eigenvalue weighted by atomic mass is 35.5. The number of hydrogen-bond acceptors (Lipinski definition) is 0. The van der Waals surface area contributed by atoms with Gasteiger partial charge < -0.3 is 0 Å². The molecular weight excluding hydrogens is 286 g/mol. The second-order valence-electron chi connectivity index (χ2n) is 5.53. The van der Waals surface area contributed by atoms with Crippen LogP contribution in [0.2, 0.25) is 0 Å². The molecule has 0 aliphatic heterocycles. The molecule has 0 nitrogen and oxygen atoms in total. The fourth-order valence-electron chi connectivity index (χ4n) is 4.49. The molecule has 4 aliphatic rings. The first kappa shape index (κ1) is 10.6. The summed E-state index contributed by atoms with van der Waals surface area (Å²) >= 11 is 26.1. The van der Waals surface area contributed by atoms with E-state index in [9.17, 15) is 0 Å². The van der Waals surface area contributed by atoms with Gasteiger partial charge in [0.05, 0.1) is 19.8 Å². The molecule has 4 aliphatic carbocycles. The molecule has 0 saturated heterocycles. The number of allylic oxidation sites excluding steroid dienone is 4. The molecule has 2 fully saturated rings. The minimum Gasteiger partial charge on any atom is -0.113 e. The summed E-state index contributed by atoms with van der Waals surface area (Å²) in [6.07, 6.45) is 6.45. The lowest BCUT2D eigenvalue weighted by Crippen LogP contribution is -2.38. The van der Waals surface area contributed by atoms with Crippen molar-refractivity contribution in [3.8, 4) is 0 Å². The molecular formula is C12H10Cl4. The van der Waals surface area contributed by atoms with Crippen molar-refractivity contribution < 1.29 is 0 Å². The molecule has 6 atom stereocenters. The summed E-state index contributed by atoms with van der Waals surface area (Å²) in [5.74, 6) is 1.87. The number of alkyl halides is 2. The van der Waals surface area contributed by atoms with Crippen molar-refractivity contribution in [2.45, 2.75) is 22.6 Å². The molecule has 0 aromatic rings. The molecule has 86 valence electrons. The molecule has 0 aromatic carbocycles. The van der Waals surface area contributed by atoms with E-state index >= 15 is 0 Å². The van der Waals surface area contributed by atoms with Crippen LogP contribution in [0.15, 0.2) is 22.2 Å². The van der Waals surface area contributed by atoms with Gasteiger partial charge in [0.25, 0.3) is 0 Å². The molecule has 4 rings (SSSR count). The molecule has 4 heteroatoms. The summed E-state index contributed by atoms with van der Waals surface area (Å²) in [5.41, 5.74) is 0. The van der Waals surface area contributed by atoms with Crippen LogP contribution in [0, 0.1) is 23.7 Å². The van der Waals surface area contributed by atoms with E-state index in [0.29, 0.717) is 40.2 Å². The van der Waals surface area contributed by atoms with E-state index in [-0.39, 0.29) is 0 Å². The van der Waals surface area contributed by atoms with E-state index in [1.54, 1.807) is 0 Å². The smallest absolute Gasteiger partial charge is 0.0870 e. The largest absolute Gasteiger partial charge is 0.113 e. The van der Waals surface area contributed by atoms with Gasteiger partial charge in [0.2, 0.25) is 0 Å². The van der Waals surface area contributed by atoms with Crippen LogP contribution in [0.1, 0.15) is 12.8 Å². The van der Waals surface area contributed by atoms with Gasteiger partial charge in [-0.05, 0) is 36.5 Å². The van der Waals surface area contributed by atoms with Gasteiger partial charge in [-0.2, -0.15) is 0 Å². The fourth-order valence-corrected chi connectivity index (χ4v) is 6.59. The Labute approximate surface area is 115 Å². The lowest BCUT2D eigenvalue weighted by molar-refractivity contribution is 0.305. The third kappa shape index (κ3) is 0.880. The molecule has 0 heterocycles. The zero-order valence-electron chi connectivity index (χ0n) is 8.39. The molecule has 0 radical (unpaired) electrons. The van der Waals surface area contributed by atoms with Crippen LogP contribution in [0.5, 0.6) is 0 Å². The van der Waals surface area contributed by atoms with Gasteiger partial charge in [0.15, 0.2) is 0 Å². The number of rotatable bonds is 0. The van der Waals surface area contributed by atoms with Crippen molar-refractivity contribution in [3.63, 3.8) is 0 Å². The van der Waals surface area contributed by atoms with Gasteiger partial charge in [-0.15, -0.1) is 23.2 Å². The lowest BCUT2D eigenvalue weighted by Gasteiger charge is -2.38. The Morgan fingerprint density at radius 1 is 0.938 bits per heavy atom. The summed E-state index contributed by atoms with van der Waals surface area (Å²) in [6.45, 7) is 0. The van der Waals surface area contributed by atoms with Crippen molar-refractivity contribution in [1.82, 2.24) is 0 Å². The van der Waals surface area contributed by atoms with Crippen LogP contribution >= 0.6 is 46.4 Å². The Bertz CT molecular complexity index is 416. The van der Waals surface area contributed by atoms with Crippen LogP contribution in [-0.4, -0.2) is 9.75 Å². The SMILES string of the molecule is ClC1=C(Cl)[C@]2(Cl)CC1(Cl)C1C2[C@H]2C=C[C@@H]1C2. The van der Waals surface area contributed by atoms with E-state index in [0.717, 1.165) is 0 Å². The highest BCUT2D eigenvalue weighted by Gasteiger charge is 2.73. The second-order valence-corrected chi connectivity index (χ2v) is 7.63. The molecule has 0 amide bonds. The van der Waals surface area contributed by atoms with Gasteiger partial charge in [-0.3, -0.25) is 0 Å². The highest BCUT2D eigenvalue weighted by Crippen LogP contribution is 2.75. The molecule has 4 bridgehead atoms. The minimum atomic E-state index is -0.491. The van der Waals surface area contributed by atoms with Crippen LogP contribution in [0.3, 0.4) is 0 Å². The number of fused-ring (bicyclic) bond motifs is 9. The Balaban J connectivity index is 1.95. The zero-order chi connectivity index (χ0) is 11.3. The van der Waals surface area contributed by atoms with Gasteiger partial charge >= 0.3 is 0 Å². The van der Waals surface area contributed by atoms with Gasteiger partial charge in [-0.1, -0.05) is 35.4 Å². The maximum atomic E-state index is 6.73. The van der Waals surface area contributed by atoms with Crippen molar-refractivity contribution in [3.05, 3.63) is 22.2 Å². The zero-order valence-corrected chi connectivity index (χ0v) is 11.4. The summed E-state index contributed by atoms with van der Waals surface area (Å²) in [4.78, 5) is -0.982. The normalized spacial score (nSPS) is 61.2. The Kier molecular flexibility index (Phi) is 1.84. The monoisotopic (exact) mass is 294 g/mol. The van der Waals surface area contributed by atoms with E-state index in [4.69, 9.17) is 46.4 Å². The molecule has 0 N–H and O–H groups in total. The minimum absolute atomic E-state index is 0.386. The van der Waals surface area contributed by atoms with E-state index in [1.807, 2.05) is 0 Å². The average Bonchev–Trinajstić information content (AvgIpc) is 2.91. The topological polar surface area (TPSA) is 0 Å². The standard InChI is InChI=1S/C12H10Cl4/c13-9-10(14)12(16)4-11(9,15)7-5-1-2-6(3-5)8(7)12/h1-2,5-8H,3-4H2/t5-,6+,7?,8?,11-,12?/m0/s1. The highest BCUT2D eigenvalue weighted by molar-refractivity contribution is 6.51. The maximum Gasteiger partial charge on any atom is 0.0870 e. The first-order chi connectivity index (χ1) is 7.48. The molecule has 2 saturated carbocycles. The Morgan fingerprint density at radius 3 is 1.81 bits per heavy atom. The second kappa shape index (κ2) is 2.79. The fraction of sp³-hybridized carbons (Fsp3) is 0.667. The Morgan fingerprint density at radius 2 is 1.38 bits per heavy atom. The van der Waals surface area contributed by atoms with Crippen LogP contribution < -0.4 is 0 Å². The third-order valence-electron chi connectivity index (χ3n) is 4.95. The summed E-state index contributed by atoms with van der Waals surface area (Å²) in [7, 11) is 0. The van der Waals surface area contributed by atoms with Crippen molar-refractivity contribution >= 4 is 46.4 Å². The molecule has 0 spiro atoms. The summed E-state index contributed by atoms with van der Waals surface area (Å²) in [6, 6.07) is 0.